The van der Waals surface area contributed by atoms with Gasteiger partial charge in [0.2, 0.25) is 10.0 Å². The summed E-state index contributed by atoms with van der Waals surface area (Å²) in [7, 11) is -3.26. The van der Waals surface area contributed by atoms with Crippen molar-refractivity contribution >= 4 is 10.0 Å². The molecule has 0 aromatic heterocycles. The Labute approximate surface area is 93.4 Å². The van der Waals surface area contributed by atoms with Crippen LogP contribution >= 0.6 is 0 Å². The summed E-state index contributed by atoms with van der Waals surface area (Å²) in [6.45, 7) is 11.0. The summed E-state index contributed by atoms with van der Waals surface area (Å²) < 4.78 is 31.4. The maximum Gasteiger partial charge on any atom is 0.214 e. The number of sulfonamides is 1. The highest BCUT2D eigenvalue weighted by Gasteiger charge is 2.28. The Morgan fingerprint density at radius 1 is 1.20 bits per heavy atom. The largest absolute Gasteiger partial charge is 0.372 e. The number of rotatable bonds is 6. The minimum atomic E-state index is -3.26. The molecule has 0 amide bonds. The number of ether oxygens (including phenoxy) is 1. The quantitative estimate of drug-likeness (QED) is 0.762. The Bertz CT molecular complexity index is 281. The summed E-state index contributed by atoms with van der Waals surface area (Å²) in [6, 6.07) is -0.0788. The van der Waals surface area contributed by atoms with E-state index in [-0.39, 0.29) is 17.9 Å². The van der Waals surface area contributed by atoms with Crippen molar-refractivity contribution in [3.05, 3.63) is 0 Å². The van der Waals surface area contributed by atoms with E-state index in [0.29, 0.717) is 0 Å². The summed E-state index contributed by atoms with van der Waals surface area (Å²) in [4.78, 5) is 0. The highest BCUT2D eigenvalue weighted by molar-refractivity contribution is 7.89. The molecule has 0 radical (unpaired) electrons. The molecule has 0 heterocycles. The summed E-state index contributed by atoms with van der Waals surface area (Å²) in [5, 5.41) is 0. The van der Waals surface area contributed by atoms with Gasteiger partial charge in [-0.2, -0.15) is 0 Å². The van der Waals surface area contributed by atoms with Gasteiger partial charge >= 0.3 is 0 Å². The fraction of sp³-hybridized carbons (Fsp3) is 1.00. The summed E-state index contributed by atoms with van der Waals surface area (Å²) in [5.41, 5.74) is -0.658. The lowest BCUT2D eigenvalue weighted by Crippen LogP contribution is -2.42. The molecule has 0 saturated carbocycles. The molecule has 0 spiro atoms. The lowest BCUT2D eigenvalue weighted by atomic mass is 10.2. The molecule has 4 nitrogen and oxygen atoms in total. The van der Waals surface area contributed by atoms with Crippen LogP contribution in [0.15, 0.2) is 0 Å². The summed E-state index contributed by atoms with van der Waals surface area (Å²) >= 11 is 0. The minimum absolute atomic E-state index is 0.0175. The first-order valence-electron chi connectivity index (χ1n) is 5.22. The smallest absolute Gasteiger partial charge is 0.214 e. The molecule has 0 unspecified atom stereocenters. The molecule has 15 heavy (non-hydrogen) atoms. The predicted molar refractivity (Wildman–Crippen MR) is 62.4 cm³/mol. The van der Waals surface area contributed by atoms with Gasteiger partial charge in [0.05, 0.1) is 17.5 Å². The van der Waals surface area contributed by atoms with Crippen molar-refractivity contribution in [3.8, 4) is 0 Å². The van der Waals surface area contributed by atoms with Crippen LogP contribution < -0.4 is 4.72 Å². The Morgan fingerprint density at radius 3 is 2.00 bits per heavy atom. The molecular weight excluding hydrogens is 214 g/mol. The van der Waals surface area contributed by atoms with Crippen molar-refractivity contribution in [2.24, 2.45) is 0 Å². The second-order valence-electron chi connectivity index (χ2n) is 4.96. The standard InChI is InChI=1S/C10H23NO3S/c1-8(2)11-15(12,13)7-10(5,6)14-9(3)4/h8-9,11H,7H2,1-6H3. The minimum Gasteiger partial charge on any atom is -0.372 e. The van der Waals surface area contributed by atoms with Crippen LogP contribution in [-0.4, -0.2) is 31.9 Å². The maximum atomic E-state index is 11.6. The Morgan fingerprint density at radius 2 is 1.67 bits per heavy atom. The van der Waals surface area contributed by atoms with E-state index in [1.807, 2.05) is 13.8 Å². The van der Waals surface area contributed by atoms with Gasteiger partial charge in [-0.05, 0) is 41.5 Å². The van der Waals surface area contributed by atoms with E-state index in [1.54, 1.807) is 27.7 Å². The maximum absolute atomic E-state index is 11.6. The van der Waals surface area contributed by atoms with Crippen LogP contribution in [0.5, 0.6) is 0 Å². The van der Waals surface area contributed by atoms with Crippen molar-refractivity contribution < 1.29 is 13.2 Å². The van der Waals surface area contributed by atoms with Gasteiger partial charge in [0.15, 0.2) is 0 Å². The average Bonchev–Trinajstić information content (AvgIpc) is 1.73. The van der Waals surface area contributed by atoms with Crippen LogP contribution in [0.3, 0.4) is 0 Å². The van der Waals surface area contributed by atoms with Gasteiger partial charge in [-0.25, -0.2) is 13.1 Å². The zero-order chi connectivity index (χ0) is 12.3. The molecule has 0 saturated heterocycles. The van der Waals surface area contributed by atoms with Crippen molar-refractivity contribution in [2.75, 3.05) is 5.75 Å². The molecule has 92 valence electrons. The predicted octanol–water partition coefficient (Wildman–Crippen LogP) is 1.52. The molecule has 5 heteroatoms. The van der Waals surface area contributed by atoms with Gasteiger partial charge in [0.1, 0.15) is 0 Å². The van der Waals surface area contributed by atoms with Crippen LogP contribution in [0.1, 0.15) is 41.5 Å². The molecular formula is C10H23NO3S. The first-order valence-corrected chi connectivity index (χ1v) is 6.87. The van der Waals surface area contributed by atoms with E-state index >= 15 is 0 Å². The molecule has 0 rings (SSSR count). The SMILES string of the molecule is CC(C)NS(=O)(=O)CC(C)(C)OC(C)C. The third-order valence-corrected chi connectivity index (χ3v) is 3.41. The summed E-state index contributed by atoms with van der Waals surface area (Å²) in [5.74, 6) is -0.0175. The zero-order valence-electron chi connectivity index (χ0n) is 10.5. The van der Waals surface area contributed by atoms with E-state index in [9.17, 15) is 8.42 Å². The van der Waals surface area contributed by atoms with Gasteiger partial charge in [-0.3, -0.25) is 0 Å². The zero-order valence-corrected chi connectivity index (χ0v) is 11.3. The normalized spacial score (nSPS) is 13.9. The molecule has 0 aromatic carbocycles. The summed E-state index contributed by atoms with van der Waals surface area (Å²) in [6.07, 6.45) is 0.0225. The van der Waals surface area contributed by atoms with Crippen molar-refractivity contribution in [3.63, 3.8) is 0 Å². The van der Waals surface area contributed by atoms with E-state index in [4.69, 9.17) is 4.74 Å². The van der Waals surface area contributed by atoms with Crippen molar-refractivity contribution in [1.82, 2.24) is 4.72 Å². The second-order valence-corrected chi connectivity index (χ2v) is 6.71. The highest BCUT2D eigenvalue weighted by Crippen LogP contribution is 2.14. The first kappa shape index (κ1) is 14.9. The van der Waals surface area contributed by atoms with Gasteiger partial charge in [0, 0.05) is 6.04 Å². The molecule has 1 N–H and O–H groups in total. The van der Waals surface area contributed by atoms with Crippen LogP contribution in [-0.2, 0) is 14.8 Å². The number of nitrogens with one attached hydrogen (secondary N) is 1. The average molecular weight is 237 g/mol. The Kier molecular flexibility index (Phi) is 5.23. The van der Waals surface area contributed by atoms with Gasteiger partial charge < -0.3 is 4.74 Å². The molecule has 0 fully saturated rings. The molecule has 0 aliphatic carbocycles. The van der Waals surface area contributed by atoms with Crippen molar-refractivity contribution in [1.29, 1.82) is 0 Å². The van der Waals surface area contributed by atoms with Crippen LogP contribution in [0.4, 0.5) is 0 Å². The lowest BCUT2D eigenvalue weighted by Gasteiger charge is -2.27. The molecule has 0 bridgehead atoms. The fourth-order valence-electron chi connectivity index (χ4n) is 1.53. The number of hydrogen-bond donors (Lipinski definition) is 1. The third-order valence-electron chi connectivity index (χ3n) is 1.51. The second kappa shape index (κ2) is 5.27. The van der Waals surface area contributed by atoms with Crippen LogP contribution in [0.25, 0.3) is 0 Å². The van der Waals surface area contributed by atoms with E-state index in [0.717, 1.165) is 0 Å². The third kappa shape index (κ3) is 7.76. The van der Waals surface area contributed by atoms with Gasteiger partial charge in [0.25, 0.3) is 0 Å². The molecule has 0 atom stereocenters. The van der Waals surface area contributed by atoms with E-state index in [2.05, 4.69) is 4.72 Å². The fourth-order valence-corrected chi connectivity index (χ4v) is 3.32. The molecule has 0 aromatic rings. The Balaban J connectivity index is 4.44. The first-order chi connectivity index (χ1) is 6.54. The Hall–Kier alpha value is -0.130. The van der Waals surface area contributed by atoms with Crippen molar-refractivity contribution in [2.45, 2.75) is 59.3 Å². The van der Waals surface area contributed by atoms with Gasteiger partial charge in [-0.15, -0.1) is 0 Å². The molecule has 0 aliphatic rings. The monoisotopic (exact) mass is 237 g/mol. The van der Waals surface area contributed by atoms with Crippen LogP contribution in [0, 0.1) is 0 Å². The number of hydrogen-bond acceptors (Lipinski definition) is 3. The lowest BCUT2D eigenvalue weighted by molar-refractivity contribution is -0.0402. The van der Waals surface area contributed by atoms with Crippen LogP contribution in [0.2, 0.25) is 0 Å². The highest BCUT2D eigenvalue weighted by atomic mass is 32.2. The van der Waals surface area contributed by atoms with E-state index in [1.165, 1.54) is 0 Å². The van der Waals surface area contributed by atoms with Gasteiger partial charge in [-0.1, -0.05) is 0 Å². The topological polar surface area (TPSA) is 55.4 Å². The molecule has 0 aliphatic heterocycles. The van der Waals surface area contributed by atoms with E-state index < -0.39 is 15.6 Å².